The summed E-state index contributed by atoms with van der Waals surface area (Å²) in [5.41, 5.74) is 1.98. The van der Waals surface area contributed by atoms with E-state index < -0.39 is 12.1 Å². The predicted octanol–water partition coefficient (Wildman–Crippen LogP) is 4.68. The summed E-state index contributed by atoms with van der Waals surface area (Å²) in [6.07, 6.45) is 0.890. The van der Waals surface area contributed by atoms with Crippen LogP contribution in [0.5, 0.6) is 11.5 Å². The molecule has 1 saturated heterocycles. The Kier molecular flexibility index (Phi) is 6.31. The molecule has 2 aromatic carbocycles. The number of fused-ring (bicyclic) bond motifs is 1. The zero-order valence-electron chi connectivity index (χ0n) is 17.7. The zero-order valence-corrected chi connectivity index (χ0v) is 19.2. The number of benzene rings is 2. The quantitative estimate of drug-likeness (QED) is 0.531. The lowest BCUT2D eigenvalue weighted by Crippen LogP contribution is -2.34. The van der Waals surface area contributed by atoms with Crippen LogP contribution in [0.25, 0.3) is 22.0 Å². The molecule has 0 aliphatic carbocycles. The molecule has 2 heterocycles. The van der Waals surface area contributed by atoms with Crippen LogP contribution in [0.15, 0.2) is 30.5 Å². The molecule has 1 fully saturated rings. The largest absolute Gasteiger partial charge is 0.495 e. The molecule has 11 heteroatoms. The fraction of sp³-hybridized carbons (Fsp3) is 0.273. The Balaban J connectivity index is 1.64. The van der Waals surface area contributed by atoms with E-state index in [0.29, 0.717) is 45.0 Å². The van der Waals surface area contributed by atoms with Gasteiger partial charge in [0.1, 0.15) is 17.5 Å². The number of hydrogen-bond donors (Lipinski definition) is 2. The number of anilines is 1. The lowest BCUT2D eigenvalue weighted by atomic mass is 10.0. The average molecular weight is 488 g/mol. The molecule has 1 aliphatic rings. The molecule has 0 spiro atoms. The van der Waals surface area contributed by atoms with Crippen molar-refractivity contribution in [2.75, 3.05) is 26.1 Å². The van der Waals surface area contributed by atoms with Gasteiger partial charge in [-0.25, -0.2) is 14.8 Å². The third kappa shape index (κ3) is 4.27. The smallest absolute Gasteiger partial charge is 0.408 e. The number of nitriles is 1. The standard InChI is InChI=1S/C22H19Cl2N5O4/c1-32-16-7-17(33-2)20(24)18(19(16)23)11-3-4-15-12(5-11)9-26-21(28-15)27-13-6-14(8-25)29(10-13)22(30)31/h3-5,7,9,13-14H,6,10H2,1-2H3,(H,30,31)(H,26,27,28)/t13-,14-/m0/s1. The van der Waals surface area contributed by atoms with Crippen LogP contribution in [0.1, 0.15) is 6.42 Å². The minimum absolute atomic E-state index is 0.183. The van der Waals surface area contributed by atoms with Crippen LogP contribution >= 0.6 is 23.2 Å². The summed E-state index contributed by atoms with van der Waals surface area (Å²) in [7, 11) is 3.03. The molecule has 9 nitrogen and oxygen atoms in total. The van der Waals surface area contributed by atoms with Crippen molar-refractivity contribution in [3.05, 3.63) is 40.5 Å². The minimum atomic E-state index is -1.12. The van der Waals surface area contributed by atoms with Gasteiger partial charge < -0.3 is 19.9 Å². The van der Waals surface area contributed by atoms with Gasteiger partial charge in [0.25, 0.3) is 0 Å². The number of aromatic nitrogens is 2. The van der Waals surface area contributed by atoms with Crippen molar-refractivity contribution in [1.29, 1.82) is 5.26 Å². The fourth-order valence-electron chi connectivity index (χ4n) is 3.85. The van der Waals surface area contributed by atoms with Crippen LogP contribution in [-0.4, -0.2) is 58.9 Å². The van der Waals surface area contributed by atoms with Crippen LogP contribution in [0.3, 0.4) is 0 Å². The van der Waals surface area contributed by atoms with Crippen molar-refractivity contribution in [2.24, 2.45) is 0 Å². The van der Waals surface area contributed by atoms with Gasteiger partial charge in [-0.05, 0) is 17.7 Å². The maximum absolute atomic E-state index is 11.3. The second-order valence-electron chi connectivity index (χ2n) is 7.41. The van der Waals surface area contributed by atoms with Gasteiger partial charge in [-0.15, -0.1) is 0 Å². The number of halogens is 2. The Morgan fingerprint density at radius 1 is 1.24 bits per heavy atom. The topological polar surface area (TPSA) is 121 Å². The van der Waals surface area contributed by atoms with Crippen molar-refractivity contribution >= 4 is 46.1 Å². The van der Waals surface area contributed by atoms with Crippen molar-refractivity contribution < 1.29 is 19.4 Å². The van der Waals surface area contributed by atoms with E-state index in [9.17, 15) is 15.2 Å². The molecule has 170 valence electrons. The summed E-state index contributed by atoms with van der Waals surface area (Å²) in [4.78, 5) is 21.3. The van der Waals surface area contributed by atoms with E-state index >= 15 is 0 Å². The number of hydrogen-bond acceptors (Lipinski definition) is 7. The highest BCUT2D eigenvalue weighted by Crippen LogP contribution is 2.46. The molecule has 0 bridgehead atoms. The second kappa shape index (κ2) is 9.17. The molecule has 2 N–H and O–H groups in total. The molecule has 0 radical (unpaired) electrons. The van der Waals surface area contributed by atoms with Gasteiger partial charge in [-0.1, -0.05) is 29.3 Å². The Morgan fingerprint density at radius 2 is 1.94 bits per heavy atom. The van der Waals surface area contributed by atoms with Crippen LogP contribution in [0.2, 0.25) is 10.0 Å². The number of likely N-dealkylation sites (tertiary alicyclic amines) is 1. The summed E-state index contributed by atoms with van der Waals surface area (Å²) in [6.45, 7) is 0.183. The molecular weight excluding hydrogens is 469 g/mol. The molecule has 0 unspecified atom stereocenters. The highest BCUT2D eigenvalue weighted by atomic mass is 35.5. The molecule has 4 rings (SSSR count). The van der Waals surface area contributed by atoms with Gasteiger partial charge in [0.05, 0.1) is 35.9 Å². The first-order valence-corrected chi connectivity index (χ1v) is 10.6. The molecule has 1 aromatic heterocycles. The van der Waals surface area contributed by atoms with Crippen molar-refractivity contribution in [1.82, 2.24) is 14.9 Å². The first-order chi connectivity index (χ1) is 15.9. The van der Waals surface area contributed by atoms with E-state index in [1.54, 1.807) is 12.3 Å². The summed E-state index contributed by atoms with van der Waals surface area (Å²) < 4.78 is 10.7. The molecule has 3 aromatic rings. The SMILES string of the molecule is COc1cc(OC)c(Cl)c(-c2ccc3nc(N[C@H]4C[C@@H](C#N)N(C(=O)O)C4)ncc3c2)c1Cl. The lowest BCUT2D eigenvalue weighted by molar-refractivity contribution is 0.148. The molecule has 1 aliphatic heterocycles. The second-order valence-corrected chi connectivity index (χ2v) is 8.16. The minimum Gasteiger partial charge on any atom is -0.495 e. The van der Waals surface area contributed by atoms with Crippen LogP contribution in [0.4, 0.5) is 10.7 Å². The van der Waals surface area contributed by atoms with Gasteiger partial charge in [-0.3, -0.25) is 4.90 Å². The number of carbonyl (C=O) groups is 1. The Hall–Kier alpha value is -3.48. The maximum atomic E-state index is 11.3. The summed E-state index contributed by atoms with van der Waals surface area (Å²) in [6, 6.07) is 8.19. The van der Waals surface area contributed by atoms with Gasteiger partial charge in [0, 0.05) is 42.2 Å². The summed E-state index contributed by atoms with van der Waals surface area (Å²) >= 11 is 13.1. The molecule has 0 saturated carbocycles. The van der Waals surface area contributed by atoms with Gasteiger partial charge in [-0.2, -0.15) is 5.26 Å². The van der Waals surface area contributed by atoms with E-state index in [-0.39, 0.29) is 12.6 Å². The summed E-state index contributed by atoms with van der Waals surface area (Å²) in [5, 5.41) is 23.0. The number of nitrogens with one attached hydrogen (secondary N) is 1. The Bertz CT molecular complexity index is 1250. The highest BCUT2D eigenvalue weighted by Gasteiger charge is 2.35. The van der Waals surface area contributed by atoms with Crippen LogP contribution in [0, 0.1) is 11.3 Å². The average Bonchev–Trinajstić information content (AvgIpc) is 3.22. The zero-order chi connectivity index (χ0) is 23.7. The van der Waals surface area contributed by atoms with Crippen LogP contribution < -0.4 is 14.8 Å². The van der Waals surface area contributed by atoms with Gasteiger partial charge in [0.15, 0.2) is 0 Å². The summed E-state index contributed by atoms with van der Waals surface area (Å²) in [5.74, 6) is 1.22. The van der Waals surface area contributed by atoms with E-state index in [0.717, 1.165) is 15.8 Å². The maximum Gasteiger partial charge on any atom is 0.408 e. The number of methoxy groups -OCH3 is 2. The third-order valence-corrected chi connectivity index (χ3v) is 6.22. The Labute approximate surface area is 199 Å². The van der Waals surface area contributed by atoms with Crippen molar-refractivity contribution in [3.63, 3.8) is 0 Å². The van der Waals surface area contributed by atoms with Crippen LogP contribution in [-0.2, 0) is 0 Å². The first-order valence-electron chi connectivity index (χ1n) is 9.89. The molecule has 1 amide bonds. The van der Waals surface area contributed by atoms with Gasteiger partial charge >= 0.3 is 6.09 Å². The fourth-order valence-corrected chi connectivity index (χ4v) is 4.57. The number of amides is 1. The highest BCUT2D eigenvalue weighted by molar-refractivity contribution is 6.41. The number of nitrogens with zero attached hydrogens (tertiary/aromatic N) is 4. The predicted molar refractivity (Wildman–Crippen MR) is 124 cm³/mol. The number of rotatable bonds is 5. The van der Waals surface area contributed by atoms with Crippen molar-refractivity contribution in [2.45, 2.75) is 18.5 Å². The number of carboxylic acid groups (broad SMARTS) is 1. The monoisotopic (exact) mass is 487 g/mol. The normalized spacial score (nSPS) is 17.6. The lowest BCUT2D eigenvalue weighted by Gasteiger charge is -2.16. The Morgan fingerprint density at radius 3 is 2.52 bits per heavy atom. The molecule has 33 heavy (non-hydrogen) atoms. The molecular formula is C22H19Cl2N5O4. The van der Waals surface area contributed by atoms with Crippen molar-refractivity contribution in [3.8, 4) is 28.7 Å². The van der Waals surface area contributed by atoms with Gasteiger partial charge in [0.2, 0.25) is 5.95 Å². The van der Waals surface area contributed by atoms with E-state index in [4.69, 9.17) is 32.7 Å². The third-order valence-electron chi connectivity index (χ3n) is 5.47. The van der Waals surface area contributed by atoms with E-state index in [1.165, 1.54) is 14.2 Å². The first kappa shape index (κ1) is 22.7. The number of ether oxygens (including phenoxy) is 2. The molecule has 2 atom stereocenters. The van der Waals surface area contributed by atoms with E-state index in [1.807, 2.05) is 24.3 Å². The van der Waals surface area contributed by atoms with E-state index in [2.05, 4.69) is 15.3 Å².